The Bertz CT molecular complexity index is 1740. The number of hydrogen-bond acceptors (Lipinski definition) is 19. The number of rotatable bonds is 47. The zero-order chi connectivity index (χ0) is 62.7. The highest BCUT2D eigenvalue weighted by Gasteiger charge is 2.55. The van der Waals surface area contributed by atoms with Crippen molar-refractivity contribution in [3.8, 4) is 0 Å². The molecule has 3 heterocycles. The van der Waals surface area contributed by atoms with E-state index >= 15 is 0 Å². The molecule has 0 aromatic carbocycles. The molecule has 3 aliphatic rings. The molecule has 3 rings (SSSR count). The Morgan fingerprint density at radius 3 is 1.39 bits per heavy atom. The highest BCUT2D eigenvalue weighted by Crippen LogP contribution is 2.34. The van der Waals surface area contributed by atoms with Crippen LogP contribution in [-0.4, -0.2) is 205 Å². The van der Waals surface area contributed by atoms with Gasteiger partial charge >= 0.3 is 0 Å². The van der Waals surface area contributed by atoms with E-state index in [9.17, 15) is 65.4 Å². The van der Waals surface area contributed by atoms with Crippen LogP contribution in [0.5, 0.6) is 0 Å². The lowest BCUT2D eigenvalue weighted by atomic mass is 9.93. The molecule has 0 aromatic rings. The van der Waals surface area contributed by atoms with Crippen LogP contribution in [-0.2, 0) is 42.8 Å². The highest BCUT2D eigenvalue weighted by atomic mass is 16.8. The SMILES string of the molecule is CCCCCCCCCCCCCCCCCCCCCC[C@@H](O)C(=O)N[C@@H](CO[C@@H]1O[C@H](CO)[C@@H](O[C@@H]2O[C@H](CO)[C@H](O)[C@H](O)[C@H]2NC(C)=O)[C@H](O[C@H]2O[C@H](C)[C@H](O)[C@H](O)[C@H]2O)[C@H]1NC(C)=O)[C@H](O)[C@H](O)CCCCCCCCCCC(C)C. The summed E-state index contributed by atoms with van der Waals surface area (Å²) in [7, 11) is 0. The van der Waals surface area contributed by atoms with Crippen molar-refractivity contribution >= 4 is 17.7 Å². The quantitative estimate of drug-likeness (QED) is 0.0352. The summed E-state index contributed by atoms with van der Waals surface area (Å²) in [6.07, 6.45) is 8.09. The Labute approximate surface area is 508 Å². The molecule has 0 bridgehead atoms. The summed E-state index contributed by atoms with van der Waals surface area (Å²) >= 11 is 0. The van der Waals surface area contributed by atoms with Gasteiger partial charge in [-0.15, -0.1) is 0 Å². The van der Waals surface area contributed by atoms with Crippen molar-refractivity contribution < 1.29 is 93.9 Å². The number of hydrogen-bond donors (Lipinski definition) is 13. The third-order valence-corrected chi connectivity index (χ3v) is 17.1. The minimum Gasteiger partial charge on any atom is -0.394 e. The maximum absolute atomic E-state index is 13.8. The van der Waals surface area contributed by atoms with Gasteiger partial charge in [0, 0.05) is 13.8 Å². The molecule has 22 nitrogen and oxygen atoms in total. The largest absolute Gasteiger partial charge is 0.394 e. The summed E-state index contributed by atoms with van der Waals surface area (Å²) < 4.78 is 36.9. The Morgan fingerprint density at radius 1 is 0.482 bits per heavy atom. The predicted octanol–water partition coefficient (Wildman–Crippen LogP) is 5.10. The lowest BCUT2D eigenvalue weighted by molar-refractivity contribution is -0.366. The molecule has 22 heteroatoms. The van der Waals surface area contributed by atoms with Crippen LogP contribution < -0.4 is 16.0 Å². The molecular formula is C63H119N3O19. The van der Waals surface area contributed by atoms with Crippen LogP contribution in [0.1, 0.15) is 241 Å². The van der Waals surface area contributed by atoms with Gasteiger partial charge in [-0.2, -0.15) is 0 Å². The van der Waals surface area contributed by atoms with Crippen molar-refractivity contribution in [3.63, 3.8) is 0 Å². The molecule has 85 heavy (non-hydrogen) atoms. The van der Waals surface area contributed by atoms with Gasteiger partial charge in [0.05, 0.1) is 38.1 Å². The monoisotopic (exact) mass is 1220 g/mol. The molecule has 0 aliphatic carbocycles. The first-order valence-electron chi connectivity index (χ1n) is 33.2. The number of ether oxygens (including phenoxy) is 6. The molecule has 3 saturated heterocycles. The third-order valence-electron chi connectivity index (χ3n) is 17.1. The lowest BCUT2D eigenvalue weighted by Crippen LogP contribution is -2.71. The number of aliphatic hydroxyl groups excluding tert-OH is 10. The molecule has 0 radical (unpaired) electrons. The van der Waals surface area contributed by atoms with Gasteiger partial charge in [0.15, 0.2) is 18.9 Å². The standard InChI is InChI=1S/C63H119N3O19/c1-7-8-9-10-11-12-13-14-15-16-17-18-19-20-21-22-23-28-31-34-37-47(72)60(79)66-45(53(74)46(71)36-33-30-27-25-24-26-29-32-35-41(2)3)40-80-61-51(65-44(6)70)59(85-63-57(78)56(77)52(73)42(4)81-63)58(49(39-68)83-61)84-62-50(64-43(5)69)55(76)54(75)48(38-67)82-62/h41-42,45-59,61-63,67-68,71-78H,7-40H2,1-6H3,(H,64,69)(H,65,70)(H,66,79)/t42-,45+,46-,47-,48-,49-,50-,51-,52+,53+,54+,55-,56+,57-,58-,59-,61-,62+,63-/m1/s1. The lowest BCUT2D eigenvalue weighted by Gasteiger charge is -2.50. The van der Waals surface area contributed by atoms with Gasteiger partial charge in [0.1, 0.15) is 79.2 Å². The van der Waals surface area contributed by atoms with Crippen LogP contribution in [0.2, 0.25) is 0 Å². The number of carbonyl (C=O) groups excluding carboxylic acids is 3. The Morgan fingerprint density at radius 2 is 0.918 bits per heavy atom. The van der Waals surface area contributed by atoms with E-state index in [-0.39, 0.29) is 12.8 Å². The zero-order valence-electron chi connectivity index (χ0n) is 52.7. The number of amides is 3. The van der Waals surface area contributed by atoms with Crippen molar-refractivity contribution in [2.45, 2.75) is 357 Å². The molecule has 0 saturated carbocycles. The Kier molecular flexibility index (Phi) is 40.1. The van der Waals surface area contributed by atoms with Crippen LogP contribution in [0.15, 0.2) is 0 Å². The van der Waals surface area contributed by atoms with Gasteiger partial charge in [0.2, 0.25) is 17.7 Å². The third kappa shape index (κ3) is 29.1. The van der Waals surface area contributed by atoms with E-state index in [1.54, 1.807) is 0 Å². The van der Waals surface area contributed by atoms with Crippen molar-refractivity contribution in [1.29, 1.82) is 0 Å². The zero-order valence-corrected chi connectivity index (χ0v) is 52.7. The molecule has 500 valence electrons. The molecule has 0 unspecified atom stereocenters. The van der Waals surface area contributed by atoms with E-state index in [4.69, 9.17) is 28.4 Å². The van der Waals surface area contributed by atoms with Crippen molar-refractivity contribution in [1.82, 2.24) is 16.0 Å². The first-order chi connectivity index (χ1) is 40.7. The average molecular weight is 1220 g/mol. The second-order valence-electron chi connectivity index (χ2n) is 25.1. The summed E-state index contributed by atoms with van der Waals surface area (Å²) in [5.74, 6) is -1.51. The first kappa shape index (κ1) is 77.0. The van der Waals surface area contributed by atoms with Crippen LogP contribution in [0.4, 0.5) is 0 Å². The fourth-order valence-electron chi connectivity index (χ4n) is 11.8. The summed E-state index contributed by atoms with van der Waals surface area (Å²) in [5, 5.41) is 118. The number of carbonyl (C=O) groups is 3. The molecular weight excluding hydrogens is 1100 g/mol. The average Bonchev–Trinajstić information content (AvgIpc) is 3.08. The van der Waals surface area contributed by atoms with Crippen LogP contribution in [0.25, 0.3) is 0 Å². The van der Waals surface area contributed by atoms with E-state index in [2.05, 4.69) is 36.7 Å². The van der Waals surface area contributed by atoms with Gasteiger partial charge in [-0.25, -0.2) is 0 Å². The highest BCUT2D eigenvalue weighted by molar-refractivity contribution is 5.80. The fourth-order valence-corrected chi connectivity index (χ4v) is 11.8. The molecule has 0 aromatic heterocycles. The van der Waals surface area contributed by atoms with Gasteiger partial charge in [-0.3, -0.25) is 14.4 Å². The topological polar surface area (TPSA) is 345 Å². The van der Waals surface area contributed by atoms with Gasteiger partial charge < -0.3 is 95.4 Å². The van der Waals surface area contributed by atoms with Gasteiger partial charge in [-0.05, 0) is 25.7 Å². The minimum atomic E-state index is -1.92. The van der Waals surface area contributed by atoms with Crippen molar-refractivity contribution in [2.75, 3.05) is 19.8 Å². The molecule has 3 amide bonds. The second kappa shape index (κ2) is 44.3. The normalized spacial score (nSPS) is 29.5. The van der Waals surface area contributed by atoms with E-state index in [1.165, 1.54) is 122 Å². The summed E-state index contributed by atoms with van der Waals surface area (Å²) in [6.45, 7) is 8.08. The van der Waals surface area contributed by atoms with Crippen molar-refractivity contribution in [2.24, 2.45) is 5.92 Å². The number of nitrogens with one attached hydrogen (secondary N) is 3. The molecule has 0 spiro atoms. The van der Waals surface area contributed by atoms with E-state index in [0.29, 0.717) is 18.8 Å². The fraction of sp³-hybridized carbons (Fsp3) is 0.952. The first-order valence-corrected chi connectivity index (χ1v) is 33.2. The second-order valence-corrected chi connectivity index (χ2v) is 25.1. The smallest absolute Gasteiger partial charge is 0.249 e. The summed E-state index contributed by atoms with van der Waals surface area (Å²) in [5.41, 5.74) is 0. The summed E-state index contributed by atoms with van der Waals surface area (Å²) in [4.78, 5) is 39.3. The maximum Gasteiger partial charge on any atom is 0.249 e. The maximum atomic E-state index is 13.8. The summed E-state index contributed by atoms with van der Waals surface area (Å²) in [6, 6.07) is -4.44. The van der Waals surface area contributed by atoms with Crippen LogP contribution in [0.3, 0.4) is 0 Å². The van der Waals surface area contributed by atoms with E-state index in [1.807, 2.05) is 0 Å². The molecule has 3 fully saturated rings. The van der Waals surface area contributed by atoms with Gasteiger partial charge in [0.25, 0.3) is 0 Å². The molecule has 19 atom stereocenters. The van der Waals surface area contributed by atoms with Gasteiger partial charge in [-0.1, -0.05) is 207 Å². The van der Waals surface area contributed by atoms with E-state index < -0.39 is 154 Å². The van der Waals surface area contributed by atoms with E-state index in [0.717, 1.165) is 71.6 Å². The Hall–Kier alpha value is -2.23. The van der Waals surface area contributed by atoms with Crippen LogP contribution in [0, 0.1) is 5.92 Å². The number of aliphatic hydroxyl groups is 10. The molecule has 13 N–H and O–H groups in total. The molecule has 3 aliphatic heterocycles. The predicted molar refractivity (Wildman–Crippen MR) is 320 cm³/mol. The van der Waals surface area contributed by atoms with Crippen LogP contribution >= 0.6 is 0 Å². The number of unbranched alkanes of at least 4 members (excludes halogenated alkanes) is 26. The minimum absolute atomic E-state index is 0.144. The van der Waals surface area contributed by atoms with Crippen molar-refractivity contribution in [3.05, 3.63) is 0 Å². The Balaban J connectivity index is 1.74.